The molecule has 0 spiro atoms. The van der Waals surface area contributed by atoms with Crippen LogP contribution in [0, 0.1) is 5.82 Å². The third kappa shape index (κ3) is 2.62. The van der Waals surface area contributed by atoms with E-state index in [-0.39, 0.29) is 28.6 Å². The summed E-state index contributed by atoms with van der Waals surface area (Å²) in [5.41, 5.74) is 0.0505. The van der Waals surface area contributed by atoms with E-state index in [4.69, 9.17) is 16.3 Å². The molecule has 0 bridgehead atoms. The Morgan fingerprint density at radius 2 is 2.26 bits per heavy atom. The highest BCUT2D eigenvalue weighted by Crippen LogP contribution is 2.33. The number of aromatic amines is 1. The minimum atomic E-state index is -0.685. The van der Waals surface area contributed by atoms with Gasteiger partial charge < -0.3 is 4.74 Å². The Labute approximate surface area is 121 Å². The molecule has 0 aliphatic carbocycles. The third-order valence-corrected chi connectivity index (χ3v) is 3.57. The number of aromatic nitrogens is 3. The molecule has 2 aromatic rings. The molecule has 100 valence electrons. The van der Waals surface area contributed by atoms with E-state index in [1.165, 1.54) is 6.07 Å². The zero-order chi connectivity index (χ0) is 14.0. The van der Waals surface area contributed by atoms with Crippen LogP contribution in [0.1, 0.15) is 17.4 Å². The van der Waals surface area contributed by atoms with Gasteiger partial charge in [0.25, 0.3) is 0 Å². The number of nitrogens with one attached hydrogen (secondary N) is 1. The van der Waals surface area contributed by atoms with Crippen LogP contribution < -0.4 is 0 Å². The monoisotopic (exact) mass is 347 g/mol. The third-order valence-electron chi connectivity index (χ3n) is 2.31. The standard InChI is InChI=1S/C11H8BrClFN3O2/c1-2-19-11(18)10-9(15-17-16-10)5-3-4-6(12)7(13)8(5)14/h3-4H,2H2,1H3,(H,15,16,17). The van der Waals surface area contributed by atoms with E-state index >= 15 is 0 Å². The van der Waals surface area contributed by atoms with Gasteiger partial charge in [-0.15, -0.1) is 5.10 Å². The zero-order valence-electron chi connectivity index (χ0n) is 9.71. The first-order valence-electron chi connectivity index (χ1n) is 5.28. The summed E-state index contributed by atoms with van der Waals surface area (Å²) < 4.78 is 19.3. The molecule has 0 saturated carbocycles. The van der Waals surface area contributed by atoms with E-state index < -0.39 is 11.8 Å². The SMILES string of the molecule is CCOC(=O)c1n[nH]nc1-c1ccc(Br)c(Cl)c1F. The Morgan fingerprint density at radius 3 is 2.95 bits per heavy atom. The molecule has 0 aliphatic rings. The lowest BCUT2D eigenvalue weighted by Crippen LogP contribution is -2.07. The van der Waals surface area contributed by atoms with Crippen molar-refractivity contribution in [2.45, 2.75) is 6.92 Å². The van der Waals surface area contributed by atoms with Crippen molar-refractivity contribution in [2.75, 3.05) is 6.61 Å². The molecule has 8 heteroatoms. The molecular weight excluding hydrogens is 340 g/mol. The second kappa shape index (κ2) is 5.66. The van der Waals surface area contributed by atoms with Crippen molar-refractivity contribution in [2.24, 2.45) is 0 Å². The Kier molecular flexibility index (Phi) is 4.16. The first kappa shape index (κ1) is 14.0. The van der Waals surface area contributed by atoms with Gasteiger partial charge in [0.15, 0.2) is 11.5 Å². The molecule has 2 rings (SSSR count). The Balaban J connectivity index is 2.52. The van der Waals surface area contributed by atoms with Gasteiger partial charge >= 0.3 is 5.97 Å². The first-order chi connectivity index (χ1) is 9.06. The Morgan fingerprint density at radius 1 is 1.53 bits per heavy atom. The fourth-order valence-corrected chi connectivity index (χ4v) is 1.94. The number of benzene rings is 1. The van der Waals surface area contributed by atoms with Crippen molar-refractivity contribution < 1.29 is 13.9 Å². The van der Waals surface area contributed by atoms with E-state index in [1.807, 2.05) is 0 Å². The molecule has 0 unspecified atom stereocenters. The topological polar surface area (TPSA) is 67.9 Å². The summed E-state index contributed by atoms with van der Waals surface area (Å²) in [6, 6.07) is 3.01. The summed E-state index contributed by atoms with van der Waals surface area (Å²) in [6.07, 6.45) is 0. The Hall–Kier alpha value is -1.47. The second-order valence-corrected chi connectivity index (χ2v) is 4.70. The quantitative estimate of drug-likeness (QED) is 0.683. The van der Waals surface area contributed by atoms with Crippen molar-refractivity contribution in [3.05, 3.63) is 33.1 Å². The maximum absolute atomic E-state index is 14.1. The summed E-state index contributed by atoms with van der Waals surface area (Å²) in [5, 5.41) is 9.63. The lowest BCUT2D eigenvalue weighted by molar-refractivity contribution is 0.0520. The summed E-state index contributed by atoms with van der Waals surface area (Å²) in [7, 11) is 0. The average molecular weight is 349 g/mol. The van der Waals surface area contributed by atoms with Crippen LogP contribution in [0.15, 0.2) is 16.6 Å². The van der Waals surface area contributed by atoms with Crippen LogP contribution in [0.4, 0.5) is 4.39 Å². The zero-order valence-corrected chi connectivity index (χ0v) is 12.0. The van der Waals surface area contributed by atoms with Crippen molar-refractivity contribution in [3.8, 4) is 11.3 Å². The molecule has 0 aliphatic heterocycles. The van der Waals surface area contributed by atoms with E-state index in [0.29, 0.717) is 4.47 Å². The molecular formula is C11H8BrClFN3O2. The van der Waals surface area contributed by atoms with Gasteiger partial charge in [-0.25, -0.2) is 9.18 Å². The highest BCUT2D eigenvalue weighted by molar-refractivity contribution is 9.10. The maximum atomic E-state index is 14.1. The van der Waals surface area contributed by atoms with Gasteiger partial charge in [0, 0.05) is 10.0 Å². The predicted molar refractivity (Wildman–Crippen MR) is 70.4 cm³/mol. The minimum Gasteiger partial charge on any atom is -0.461 e. The van der Waals surface area contributed by atoms with Gasteiger partial charge in [-0.05, 0) is 35.0 Å². The van der Waals surface area contributed by atoms with Crippen LogP contribution in [0.5, 0.6) is 0 Å². The number of ether oxygens (including phenoxy) is 1. The summed E-state index contributed by atoms with van der Waals surface area (Å²) in [6.45, 7) is 1.85. The molecule has 1 N–H and O–H groups in total. The van der Waals surface area contributed by atoms with Crippen LogP contribution in [-0.4, -0.2) is 28.0 Å². The number of hydrogen-bond acceptors (Lipinski definition) is 4. The van der Waals surface area contributed by atoms with Crippen LogP contribution in [0.3, 0.4) is 0 Å². The van der Waals surface area contributed by atoms with Crippen LogP contribution in [-0.2, 0) is 4.74 Å². The van der Waals surface area contributed by atoms with Crippen molar-refractivity contribution in [1.29, 1.82) is 0 Å². The molecule has 0 amide bonds. The Bertz CT molecular complexity index is 632. The van der Waals surface area contributed by atoms with Crippen molar-refractivity contribution in [3.63, 3.8) is 0 Å². The highest BCUT2D eigenvalue weighted by atomic mass is 79.9. The first-order valence-corrected chi connectivity index (χ1v) is 6.45. The van der Waals surface area contributed by atoms with E-state index in [9.17, 15) is 9.18 Å². The molecule has 0 radical (unpaired) electrons. The number of hydrogen-bond donors (Lipinski definition) is 1. The van der Waals surface area contributed by atoms with E-state index in [2.05, 4.69) is 31.3 Å². The van der Waals surface area contributed by atoms with Crippen molar-refractivity contribution >= 4 is 33.5 Å². The molecule has 0 atom stereocenters. The molecule has 0 fully saturated rings. The number of nitrogens with zero attached hydrogens (tertiary/aromatic N) is 2. The molecule has 1 aromatic carbocycles. The number of carbonyl (C=O) groups excluding carboxylic acids is 1. The molecule has 1 heterocycles. The fraction of sp³-hybridized carbons (Fsp3) is 0.182. The lowest BCUT2D eigenvalue weighted by Gasteiger charge is -2.05. The normalized spacial score (nSPS) is 10.5. The number of H-pyrrole nitrogens is 1. The smallest absolute Gasteiger partial charge is 0.361 e. The van der Waals surface area contributed by atoms with Gasteiger partial charge in [-0.3, -0.25) is 0 Å². The average Bonchev–Trinajstić information content (AvgIpc) is 2.85. The summed E-state index contributed by atoms with van der Waals surface area (Å²) >= 11 is 8.90. The number of esters is 1. The molecule has 1 aromatic heterocycles. The second-order valence-electron chi connectivity index (χ2n) is 3.46. The number of carbonyl (C=O) groups is 1. The number of rotatable bonds is 3. The summed E-state index contributed by atoms with van der Waals surface area (Å²) in [5.74, 6) is -1.36. The maximum Gasteiger partial charge on any atom is 0.361 e. The summed E-state index contributed by atoms with van der Waals surface area (Å²) in [4.78, 5) is 11.7. The van der Waals surface area contributed by atoms with E-state index in [1.54, 1.807) is 13.0 Å². The van der Waals surface area contributed by atoms with Crippen LogP contribution in [0.25, 0.3) is 11.3 Å². The predicted octanol–water partition coefficient (Wildman–Crippen LogP) is 3.20. The molecule has 0 saturated heterocycles. The lowest BCUT2D eigenvalue weighted by atomic mass is 10.1. The van der Waals surface area contributed by atoms with Gasteiger partial charge in [-0.1, -0.05) is 11.6 Å². The molecule has 5 nitrogen and oxygen atoms in total. The van der Waals surface area contributed by atoms with Gasteiger partial charge in [0.05, 0.1) is 11.6 Å². The minimum absolute atomic E-state index is 0.0605. The van der Waals surface area contributed by atoms with Crippen molar-refractivity contribution in [1.82, 2.24) is 15.4 Å². The van der Waals surface area contributed by atoms with Gasteiger partial charge in [0.1, 0.15) is 5.69 Å². The van der Waals surface area contributed by atoms with Gasteiger partial charge in [0.2, 0.25) is 0 Å². The molecule has 19 heavy (non-hydrogen) atoms. The van der Waals surface area contributed by atoms with E-state index in [0.717, 1.165) is 0 Å². The van der Waals surface area contributed by atoms with Crippen LogP contribution >= 0.6 is 27.5 Å². The fourth-order valence-electron chi connectivity index (χ4n) is 1.47. The highest BCUT2D eigenvalue weighted by Gasteiger charge is 2.23. The van der Waals surface area contributed by atoms with Crippen LogP contribution in [0.2, 0.25) is 5.02 Å². The largest absolute Gasteiger partial charge is 0.461 e. The van der Waals surface area contributed by atoms with Gasteiger partial charge in [-0.2, -0.15) is 10.3 Å². The number of halogens is 3.